The fourth-order valence-electron chi connectivity index (χ4n) is 1.78. The SMILES string of the molecule is COC(=O)c1cc(O)ccc1NC(=O)c1ccc(Cl)cc1Cl. The van der Waals surface area contributed by atoms with Crippen LogP contribution in [0.3, 0.4) is 0 Å². The van der Waals surface area contributed by atoms with Crippen LogP contribution in [0.5, 0.6) is 5.75 Å². The highest BCUT2D eigenvalue weighted by molar-refractivity contribution is 6.37. The minimum atomic E-state index is -0.687. The van der Waals surface area contributed by atoms with Crippen molar-refractivity contribution in [3.8, 4) is 5.75 Å². The molecule has 0 radical (unpaired) electrons. The molecule has 22 heavy (non-hydrogen) atoms. The average molecular weight is 340 g/mol. The Bertz CT molecular complexity index is 746. The van der Waals surface area contributed by atoms with Gasteiger partial charge in [-0.3, -0.25) is 4.79 Å². The third kappa shape index (κ3) is 3.50. The van der Waals surface area contributed by atoms with Gasteiger partial charge in [-0.2, -0.15) is 0 Å². The molecule has 0 bridgehead atoms. The normalized spacial score (nSPS) is 10.1. The van der Waals surface area contributed by atoms with Crippen LogP contribution in [0.15, 0.2) is 36.4 Å². The van der Waals surface area contributed by atoms with Crippen molar-refractivity contribution in [2.24, 2.45) is 0 Å². The van der Waals surface area contributed by atoms with Gasteiger partial charge in [-0.25, -0.2) is 4.79 Å². The van der Waals surface area contributed by atoms with Crippen molar-refractivity contribution in [3.63, 3.8) is 0 Å². The topological polar surface area (TPSA) is 75.6 Å². The first-order valence-corrected chi connectivity index (χ1v) is 6.85. The van der Waals surface area contributed by atoms with E-state index in [0.717, 1.165) is 0 Å². The molecule has 0 unspecified atom stereocenters. The Morgan fingerprint density at radius 3 is 2.45 bits per heavy atom. The van der Waals surface area contributed by atoms with Crippen molar-refractivity contribution in [2.75, 3.05) is 12.4 Å². The second-order valence-electron chi connectivity index (χ2n) is 4.30. The molecule has 2 rings (SSSR count). The smallest absolute Gasteiger partial charge is 0.340 e. The third-order valence-corrected chi connectivity index (χ3v) is 3.38. The second-order valence-corrected chi connectivity index (χ2v) is 5.14. The molecule has 2 N–H and O–H groups in total. The van der Waals surface area contributed by atoms with Crippen molar-refractivity contribution < 1.29 is 19.4 Å². The number of aromatic hydroxyl groups is 1. The molecule has 2 aromatic rings. The maximum Gasteiger partial charge on any atom is 0.340 e. The Balaban J connectivity index is 2.34. The quantitative estimate of drug-likeness (QED) is 0.659. The standard InChI is InChI=1S/C15H11Cl2NO4/c1-22-15(21)11-7-9(19)3-5-13(11)18-14(20)10-4-2-8(16)6-12(10)17/h2-7,19H,1H3,(H,18,20). The van der Waals surface area contributed by atoms with Crippen molar-refractivity contribution in [1.82, 2.24) is 0 Å². The first-order valence-electron chi connectivity index (χ1n) is 6.10. The number of rotatable bonds is 3. The number of hydrogen-bond acceptors (Lipinski definition) is 4. The molecule has 2 aromatic carbocycles. The molecule has 114 valence electrons. The van der Waals surface area contributed by atoms with Gasteiger partial charge in [-0.05, 0) is 36.4 Å². The van der Waals surface area contributed by atoms with E-state index < -0.39 is 11.9 Å². The monoisotopic (exact) mass is 339 g/mol. The molecule has 0 aliphatic carbocycles. The van der Waals surface area contributed by atoms with Gasteiger partial charge in [0.2, 0.25) is 0 Å². The highest BCUT2D eigenvalue weighted by atomic mass is 35.5. The molecule has 0 fully saturated rings. The van der Waals surface area contributed by atoms with Crippen LogP contribution in [0.2, 0.25) is 10.0 Å². The van der Waals surface area contributed by atoms with E-state index >= 15 is 0 Å². The Labute approximate surface area is 136 Å². The number of esters is 1. The molecule has 5 nitrogen and oxygen atoms in total. The van der Waals surface area contributed by atoms with Crippen LogP contribution in [0.1, 0.15) is 20.7 Å². The van der Waals surface area contributed by atoms with Crippen molar-refractivity contribution in [2.45, 2.75) is 0 Å². The summed E-state index contributed by atoms with van der Waals surface area (Å²) in [6.45, 7) is 0. The van der Waals surface area contributed by atoms with Crippen LogP contribution >= 0.6 is 23.2 Å². The summed E-state index contributed by atoms with van der Waals surface area (Å²) in [5.41, 5.74) is 0.427. The molecule has 0 aliphatic rings. The number of phenolic OH excluding ortho intramolecular Hbond substituents is 1. The van der Waals surface area contributed by atoms with Gasteiger partial charge in [0.15, 0.2) is 0 Å². The zero-order chi connectivity index (χ0) is 16.3. The van der Waals surface area contributed by atoms with Gasteiger partial charge in [-0.1, -0.05) is 23.2 Å². The molecule has 0 atom stereocenters. The van der Waals surface area contributed by atoms with Crippen LogP contribution in [0.4, 0.5) is 5.69 Å². The van der Waals surface area contributed by atoms with Crippen molar-refractivity contribution in [3.05, 3.63) is 57.6 Å². The van der Waals surface area contributed by atoms with E-state index in [1.54, 1.807) is 0 Å². The van der Waals surface area contributed by atoms with Gasteiger partial charge in [0.1, 0.15) is 5.75 Å². The zero-order valence-corrected chi connectivity index (χ0v) is 12.9. The van der Waals surface area contributed by atoms with Gasteiger partial charge >= 0.3 is 5.97 Å². The highest BCUT2D eigenvalue weighted by Crippen LogP contribution is 2.25. The van der Waals surface area contributed by atoms with Crippen LogP contribution in [0.25, 0.3) is 0 Å². The number of hydrogen-bond donors (Lipinski definition) is 2. The largest absolute Gasteiger partial charge is 0.508 e. The van der Waals surface area contributed by atoms with Gasteiger partial charge in [0.25, 0.3) is 5.91 Å². The predicted octanol–water partition coefficient (Wildman–Crippen LogP) is 3.74. The van der Waals surface area contributed by atoms with Gasteiger partial charge in [0, 0.05) is 5.02 Å². The first-order chi connectivity index (χ1) is 10.4. The highest BCUT2D eigenvalue weighted by Gasteiger charge is 2.17. The molecular formula is C15H11Cl2NO4. The number of halogens is 2. The lowest BCUT2D eigenvalue weighted by molar-refractivity contribution is 0.0601. The number of nitrogens with one attached hydrogen (secondary N) is 1. The summed E-state index contributed by atoms with van der Waals surface area (Å²) in [5.74, 6) is -1.33. The molecule has 0 saturated heterocycles. The Morgan fingerprint density at radius 2 is 1.82 bits per heavy atom. The maximum atomic E-state index is 12.2. The van der Waals surface area contributed by atoms with Crippen LogP contribution in [-0.2, 0) is 4.74 Å². The van der Waals surface area contributed by atoms with E-state index in [-0.39, 0.29) is 27.6 Å². The van der Waals surface area contributed by atoms with Crippen LogP contribution in [0, 0.1) is 0 Å². The van der Waals surface area contributed by atoms with E-state index in [0.29, 0.717) is 5.02 Å². The summed E-state index contributed by atoms with van der Waals surface area (Å²) < 4.78 is 4.61. The van der Waals surface area contributed by atoms with E-state index in [4.69, 9.17) is 23.2 Å². The summed E-state index contributed by atoms with van der Waals surface area (Å²) in [6.07, 6.45) is 0. The minimum Gasteiger partial charge on any atom is -0.508 e. The van der Waals surface area contributed by atoms with Crippen molar-refractivity contribution in [1.29, 1.82) is 0 Å². The lowest BCUT2D eigenvalue weighted by Crippen LogP contribution is -2.15. The molecular weight excluding hydrogens is 329 g/mol. The Hall–Kier alpha value is -2.24. The minimum absolute atomic E-state index is 0.0286. The van der Waals surface area contributed by atoms with Crippen LogP contribution < -0.4 is 5.32 Å². The lowest BCUT2D eigenvalue weighted by atomic mass is 10.1. The molecule has 0 aliphatic heterocycles. The first kappa shape index (κ1) is 16.1. The molecule has 7 heteroatoms. The molecule has 1 amide bonds. The number of anilines is 1. The third-order valence-electron chi connectivity index (χ3n) is 2.83. The lowest BCUT2D eigenvalue weighted by Gasteiger charge is -2.11. The molecule has 0 heterocycles. The number of methoxy groups -OCH3 is 1. The average Bonchev–Trinajstić information content (AvgIpc) is 2.48. The van der Waals surface area contributed by atoms with E-state index in [2.05, 4.69) is 10.1 Å². The fraction of sp³-hybridized carbons (Fsp3) is 0.0667. The number of phenols is 1. The Morgan fingerprint density at radius 1 is 1.09 bits per heavy atom. The van der Waals surface area contributed by atoms with Gasteiger partial charge < -0.3 is 15.2 Å². The second kappa shape index (κ2) is 6.68. The number of carbonyl (C=O) groups excluding carboxylic acids is 2. The predicted molar refractivity (Wildman–Crippen MR) is 83.9 cm³/mol. The summed E-state index contributed by atoms with van der Waals surface area (Å²) in [4.78, 5) is 23.9. The van der Waals surface area contributed by atoms with Gasteiger partial charge in [0.05, 0.1) is 28.9 Å². The number of carbonyl (C=O) groups is 2. The van der Waals surface area contributed by atoms with E-state index in [1.165, 1.54) is 43.5 Å². The summed E-state index contributed by atoms with van der Waals surface area (Å²) >= 11 is 11.7. The van der Waals surface area contributed by atoms with E-state index in [1.807, 2.05) is 0 Å². The molecule has 0 spiro atoms. The van der Waals surface area contributed by atoms with Crippen LogP contribution in [-0.4, -0.2) is 24.1 Å². The number of amides is 1. The summed E-state index contributed by atoms with van der Waals surface area (Å²) in [7, 11) is 1.20. The summed E-state index contributed by atoms with van der Waals surface area (Å²) in [6, 6.07) is 8.37. The van der Waals surface area contributed by atoms with Gasteiger partial charge in [-0.15, -0.1) is 0 Å². The molecule has 0 aromatic heterocycles. The Kier molecular flexibility index (Phi) is 4.90. The van der Waals surface area contributed by atoms with E-state index in [9.17, 15) is 14.7 Å². The maximum absolute atomic E-state index is 12.2. The fourth-order valence-corrected chi connectivity index (χ4v) is 2.28. The van der Waals surface area contributed by atoms with Crippen molar-refractivity contribution >= 4 is 40.8 Å². The summed E-state index contributed by atoms with van der Waals surface area (Å²) in [5, 5.41) is 12.6. The molecule has 0 saturated carbocycles. The zero-order valence-electron chi connectivity index (χ0n) is 11.4. The number of ether oxygens (including phenoxy) is 1. The number of benzene rings is 2.